The lowest BCUT2D eigenvalue weighted by Gasteiger charge is -2.22. The summed E-state index contributed by atoms with van der Waals surface area (Å²) in [6, 6.07) is 15.7. The molecular formula is C21H27FIN3O. The van der Waals surface area contributed by atoms with Crippen molar-refractivity contribution in [2.45, 2.75) is 18.9 Å². The third kappa shape index (κ3) is 5.57. The maximum Gasteiger partial charge on any atom is 0.193 e. The van der Waals surface area contributed by atoms with E-state index >= 15 is 0 Å². The zero-order chi connectivity index (χ0) is 18.5. The SMILES string of the molecule is CN=C(NCC1CC1c1ccccc1)N(C)Cc1ccc(OC)c(F)c1.I. The highest BCUT2D eigenvalue weighted by molar-refractivity contribution is 14.0. The first-order chi connectivity index (χ1) is 12.6. The summed E-state index contributed by atoms with van der Waals surface area (Å²) in [4.78, 5) is 6.35. The Balaban J connectivity index is 0.00000261. The minimum atomic E-state index is -0.343. The summed E-state index contributed by atoms with van der Waals surface area (Å²) in [7, 11) is 5.20. The van der Waals surface area contributed by atoms with E-state index in [0.29, 0.717) is 18.4 Å². The molecule has 4 nitrogen and oxygen atoms in total. The second kappa shape index (κ2) is 9.92. The van der Waals surface area contributed by atoms with Crippen molar-refractivity contribution in [2.75, 3.05) is 27.7 Å². The Morgan fingerprint density at radius 2 is 2.00 bits per heavy atom. The third-order valence-electron chi connectivity index (χ3n) is 4.88. The molecule has 6 heteroatoms. The van der Waals surface area contributed by atoms with Crippen LogP contribution < -0.4 is 10.1 Å². The number of ether oxygens (including phenoxy) is 1. The first-order valence-electron chi connectivity index (χ1n) is 8.91. The number of nitrogens with one attached hydrogen (secondary N) is 1. The number of methoxy groups -OCH3 is 1. The summed E-state index contributed by atoms with van der Waals surface area (Å²) in [5.41, 5.74) is 2.29. The topological polar surface area (TPSA) is 36.9 Å². The molecule has 3 rings (SSSR count). The van der Waals surface area contributed by atoms with E-state index in [-0.39, 0.29) is 35.5 Å². The van der Waals surface area contributed by atoms with Gasteiger partial charge in [-0.2, -0.15) is 0 Å². The lowest BCUT2D eigenvalue weighted by atomic mass is 10.1. The lowest BCUT2D eigenvalue weighted by Crippen LogP contribution is -2.39. The maximum atomic E-state index is 13.9. The minimum Gasteiger partial charge on any atom is -0.494 e. The Morgan fingerprint density at radius 1 is 1.26 bits per heavy atom. The molecule has 0 amide bonds. The lowest BCUT2D eigenvalue weighted by molar-refractivity contribution is 0.385. The predicted molar refractivity (Wildman–Crippen MR) is 118 cm³/mol. The van der Waals surface area contributed by atoms with E-state index in [0.717, 1.165) is 18.1 Å². The summed E-state index contributed by atoms with van der Waals surface area (Å²) in [6.07, 6.45) is 1.21. The van der Waals surface area contributed by atoms with Crippen molar-refractivity contribution >= 4 is 29.9 Å². The Morgan fingerprint density at radius 3 is 2.63 bits per heavy atom. The molecule has 1 fully saturated rings. The minimum absolute atomic E-state index is 0. The maximum absolute atomic E-state index is 13.9. The Hall–Kier alpha value is -1.83. The summed E-state index contributed by atoms with van der Waals surface area (Å²) in [6.45, 7) is 1.47. The summed E-state index contributed by atoms with van der Waals surface area (Å²) < 4.78 is 18.8. The monoisotopic (exact) mass is 483 g/mol. The zero-order valence-electron chi connectivity index (χ0n) is 16.0. The van der Waals surface area contributed by atoms with Gasteiger partial charge in [0.05, 0.1) is 7.11 Å². The molecule has 2 aromatic rings. The number of nitrogens with zero attached hydrogens (tertiary/aromatic N) is 2. The van der Waals surface area contributed by atoms with E-state index in [9.17, 15) is 4.39 Å². The second-order valence-electron chi connectivity index (χ2n) is 6.77. The van der Waals surface area contributed by atoms with Crippen LogP contribution >= 0.6 is 24.0 Å². The van der Waals surface area contributed by atoms with Crippen molar-refractivity contribution in [3.05, 3.63) is 65.5 Å². The molecule has 0 saturated heterocycles. The molecule has 1 N–H and O–H groups in total. The van der Waals surface area contributed by atoms with E-state index in [4.69, 9.17) is 4.74 Å². The molecule has 0 bridgehead atoms. The van der Waals surface area contributed by atoms with Gasteiger partial charge in [-0.05, 0) is 41.5 Å². The third-order valence-corrected chi connectivity index (χ3v) is 4.88. The van der Waals surface area contributed by atoms with Gasteiger partial charge in [-0.15, -0.1) is 24.0 Å². The molecule has 0 heterocycles. The van der Waals surface area contributed by atoms with Gasteiger partial charge in [0.25, 0.3) is 0 Å². The molecule has 2 unspecified atom stereocenters. The Kier molecular flexibility index (Phi) is 7.89. The van der Waals surface area contributed by atoms with Crippen LogP contribution in [0.4, 0.5) is 4.39 Å². The van der Waals surface area contributed by atoms with Gasteiger partial charge in [0, 0.05) is 27.2 Å². The zero-order valence-corrected chi connectivity index (χ0v) is 18.3. The fraction of sp³-hybridized carbons (Fsp3) is 0.381. The van der Waals surface area contributed by atoms with Crippen molar-refractivity contribution in [2.24, 2.45) is 10.9 Å². The van der Waals surface area contributed by atoms with E-state index in [1.165, 1.54) is 25.2 Å². The van der Waals surface area contributed by atoms with Gasteiger partial charge < -0.3 is 15.0 Å². The molecule has 2 atom stereocenters. The second-order valence-corrected chi connectivity index (χ2v) is 6.77. The summed E-state index contributed by atoms with van der Waals surface area (Å²) >= 11 is 0. The van der Waals surface area contributed by atoms with Gasteiger partial charge in [-0.1, -0.05) is 36.4 Å². The molecule has 0 radical (unpaired) electrons. The molecule has 0 aromatic heterocycles. The van der Waals surface area contributed by atoms with Gasteiger partial charge in [0.2, 0.25) is 0 Å². The largest absolute Gasteiger partial charge is 0.494 e. The quantitative estimate of drug-likeness (QED) is 0.379. The highest BCUT2D eigenvalue weighted by atomic mass is 127. The number of aliphatic imine (C=N–C) groups is 1. The van der Waals surface area contributed by atoms with Crippen LogP contribution in [0, 0.1) is 11.7 Å². The fourth-order valence-corrected chi connectivity index (χ4v) is 3.35. The van der Waals surface area contributed by atoms with Gasteiger partial charge in [0.15, 0.2) is 17.5 Å². The van der Waals surface area contributed by atoms with E-state index in [1.807, 2.05) is 18.0 Å². The Bertz CT molecular complexity index is 769. The molecule has 2 aromatic carbocycles. The number of guanidine groups is 1. The van der Waals surface area contributed by atoms with Crippen LogP contribution in [0.1, 0.15) is 23.5 Å². The van der Waals surface area contributed by atoms with Crippen molar-refractivity contribution in [1.29, 1.82) is 0 Å². The van der Waals surface area contributed by atoms with Crippen molar-refractivity contribution in [3.63, 3.8) is 0 Å². The average Bonchev–Trinajstić information content (AvgIpc) is 3.43. The van der Waals surface area contributed by atoms with Crippen LogP contribution in [-0.2, 0) is 6.54 Å². The number of hydrogen-bond donors (Lipinski definition) is 1. The standard InChI is InChI=1S/C21H26FN3O.HI/c1-23-21(24-13-17-12-18(17)16-7-5-4-6-8-16)25(2)14-15-9-10-20(26-3)19(22)11-15;/h4-11,17-18H,12-14H2,1-3H3,(H,23,24);1H. The van der Waals surface area contributed by atoms with E-state index in [2.05, 4.69) is 40.6 Å². The van der Waals surface area contributed by atoms with Crippen LogP contribution in [0.15, 0.2) is 53.5 Å². The smallest absolute Gasteiger partial charge is 0.193 e. The van der Waals surface area contributed by atoms with Crippen molar-refractivity contribution in [3.8, 4) is 5.75 Å². The molecule has 1 saturated carbocycles. The first kappa shape index (κ1) is 21.5. The number of halogens is 2. The fourth-order valence-electron chi connectivity index (χ4n) is 3.35. The first-order valence-corrected chi connectivity index (χ1v) is 8.91. The van der Waals surface area contributed by atoms with Crippen molar-refractivity contribution in [1.82, 2.24) is 10.2 Å². The number of hydrogen-bond acceptors (Lipinski definition) is 2. The highest BCUT2D eigenvalue weighted by Crippen LogP contribution is 2.46. The molecule has 0 aliphatic heterocycles. The number of benzene rings is 2. The van der Waals surface area contributed by atoms with Gasteiger partial charge in [0.1, 0.15) is 0 Å². The van der Waals surface area contributed by atoms with Crippen molar-refractivity contribution < 1.29 is 9.13 Å². The van der Waals surface area contributed by atoms with Crippen LogP contribution in [-0.4, -0.2) is 38.6 Å². The van der Waals surface area contributed by atoms with Crippen LogP contribution in [0.25, 0.3) is 0 Å². The van der Waals surface area contributed by atoms with E-state index in [1.54, 1.807) is 13.1 Å². The summed E-state index contributed by atoms with van der Waals surface area (Å²) in [5, 5.41) is 3.45. The summed E-state index contributed by atoms with van der Waals surface area (Å²) in [5.74, 6) is 2.02. The van der Waals surface area contributed by atoms with Gasteiger partial charge >= 0.3 is 0 Å². The van der Waals surface area contributed by atoms with Crippen LogP contribution in [0.3, 0.4) is 0 Å². The molecule has 1 aliphatic rings. The molecule has 0 spiro atoms. The van der Waals surface area contributed by atoms with Gasteiger partial charge in [-0.3, -0.25) is 4.99 Å². The van der Waals surface area contributed by atoms with Gasteiger partial charge in [-0.25, -0.2) is 4.39 Å². The number of rotatable bonds is 6. The molecule has 27 heavy (non-hydrogen) atoms. The molecular weight excluding hydrogens is 456 g/mol. The normalized spacial score (nSPS) is 18.4. The predicted octanol–water partition coefficient (Wildman–Crippen LogP) is 4.26. The average molecular weight is 483 g/mol. The van der Waals surface area contributed by atoms with Crippen LogP contribution in [0.2, 0.25) is 0 Å². The molecule has 146 valence electrons. The highest BCUT2D eigenvalue weighted by Gasteiger charge is 2.37. The van der Waals surface area contributed by atoms with E-state index < -0.39 is 0 Å². The Labute approximate surface area is 177 Å². The van der Waals surface area contributed by atoms with Crippen LogP contribution in [0.5, 0.6) is 5.75 Å². The molecule has 1 aliphatic carbocycles.